The molecule has 0 radical (unpaired) electrons. The number of esters is 1. The topological polar surface area (TPSA) is 113 Å². The number of carbonyl (C=O) groups excluding carboxylic acids is 2. The van der Waals surface area contributed by atoms with E-state index in [2.05, 4.69) is 5.32 Å². The molecular weight excluding hydrogens is 456 g/mol. The number of anilines is 1. The summed E-state index contributed by atoms with van der Waals surface area (Å²) in [5.74, 6) is -1.48. The second-order valence-corrected chi connectivity index (χ2v) is 10.1. The number of benzene rings is 2. The minimum absolute atomic E-state index is 0.0287. The molecule has 3 rings (SSSR count). The Balaban J connectivity index is 1.73. The minimum atomic E-state index is -4.05. The Bertz CT molecular complexity index is 1120. The Kier molecular flexibility index (Phi) is 7.24. The predicted octanol–water partition coefficient (Wildman–Crippen LogP) is 2.65. The number of nitrogens with one attached hydrogen (secondary N) is 1. The normalized spacial score (nSPS) is 20.0. The Morgan fingerprint density at radius 3 is 2.44 bits per heavy atom. The quantitative estimate of drug-likeness (QED) is 0.614. The van der Waals surface area contributed by atoms with Gasteiger partial charge in [-0.3, -0.25) is 9.59 Å². The van der Waals surface area contributed by atoms with Gasteiger partial charge in [-0.05, 0) is 68.3 Å². The lowest BCUT2D eigenvalue weighted by Crippen LogP contribution is -2.43. The molecule has 2 N–H and O–H groups in total. The molecule has 2 aromatic rings. The van der Waals surface area contributed by atoms with E-state index in [9.17, 15) is 23.1 Å². The Labute approximate surface area is 192 Å². The first-order valence-electron chi connectivity index (χ1n) is 10.0. The molecule has 1 fully saturated rings. The van der Waals surface area contributed by atoms with E-state index in [4.69, 9.17) is 16.3 Å². The van der Waals surface area contributed by atoms with Gasteiger partial charge in [0, 0.05) is 23.7 Å². The molecule has 0 aromatic heterocycles. The molecule has 3 atom stereocenters. The van der Waals surface area contributed by atoms with Crippen molar-refractivity contribution in [3.05, 3.63) is 58.6 Å². The van der Waals surface area contributed by atoms with Crippen molar-refractivity contribution in [2.24, 2.45) is 0 Å². The van der Waals surface area contributed by atoms with Crippen LogP contribution in [0.5, 0.6) is 0 Å². The van der Waals surface area contributed by atoms with Gasteiger partial charge in [0.05, 0.1) is 11.0 Å². The summed E-state index contributed by atoms with van der Waals surface area (Å²) >= 11 is 5.82. The van der Waals surface area contributed by atoms with E-state index in [1.165, 1.54) is 19.1 Å². The van der Waals surface area contributed by atoms with Crippen molar-refractivity contribution in [2.45, 2.75) is 50.3 Å². The van der Waals surface area contributed by atoms with E-state index in [-0.39, 0.29) is 17.9 Å². The number of hydrogen-bond acceptors (Lipinski definition) is 6. The molecule has 2 unspecified atom stereocenters. The van der Waals surface area contributed by atoms with Crippen LogP contribution >= 0.6 is 11.6 Å². The van der Waals surface area contributed by atoms with Crippen LogP contribution < -0.4 is 5.32 Å². The third-order valence-corrected chi connectivity index (χ3v) is 7.49. The largest absolute Gasteiger partial charge is 0.451 e. The van der Waals surface area contributed by atoms with Gasteiger partial charge in [-0.2, -0.15) is 4.31 Å². The molecule has 172 valence electrons. The lowest BCUT2D eigenvalue weighted by molar-refractivity contribution is -0.156. The molecule has 0 spiro atoms. The van der Waals surface area contributed by atoms with Gasteiger partial charge < -0.3 is 15.2 Å². The zero-order valence-corrected chi connectivity index (χ0v) is 19.5. The summed E-state index contributed by atoms with van der Waals surface area (Å²) in [6.07, 6.45) is -2.32. The number of halogens is 1. The summed E-state index contributed by atoms with van der Waals surface area (Å²) < 4.78 is 32.5. The molecule has 1 aliphatic heterocycles. The van der Waals surface area contributed by atoms with Gasteiger partial charge in [0.15, 0.2) is 6.10 Å². The molecule has 2 aromatic carbocycles. The van der Waals surface area contributed by atoms with Gasteiger partial charge in [0.25, 0.3) is 5.91 Å². The maximum Gasteiger partial charge on any atom is 0.325 e. The average molecular weight is 481 g/mol. The Hall–Kier alpha value is -2.46. The fraction of sp³-hybridized carbons (Fsp3) is 0.364. The fourth-order valence-corrected chi connectivity index (χ4v) is 5.20. The van der Waals surface area contributed by atoms with Crippen molar-refractivity contribution in [2.75, 3.05) is 11.9 Å². The molecule has 8 nitrogen and oxygen atoms in total. The zero-order valence-electron chi connectivity index (χ0n) is 17.9. The maximum absolute atomic E-state index is 13.2. The lowest BCUT2D eigenvalue weighted by atomic mass is 10.1. The van der Waals surface area contributed by atoms with Crippen molar-refractivity contribution in [3.8, 4) is 0 Å². The molecule has 0 saturated carbocycles. The van der Waals surface area contributed by atoms with E-state index in [0.717, 1.165) is 15.4 Å². The van der Waals surface area contributed by atoms with Crippen LogP contribution in [-0.4, -0.2) is 54.5 Å². The van der Waals surface area contributed by atoms with Crippen LogP contribution in [0.3, 0.4) is 0 Å². The minimum Gasteiger partial charge on any atom is -0.451 e. The van der Waals surface area contributed by atoms with E-state index in [1.54, 1.807) is 37.3 Å². The van der Waals surface area contributed by atoms with Crippen LogP contribution in [0.2, 0.25) is 5.02 Å². The van der Waals surface area contributed by atoms with E-state index in [0.29, 0.717) is 10.7 Å². The molecule has 1 saturated heterocycles. The number of sulfonamides is 1. The number of ether oxygens (including phenoxy) is 1. The first-order chi connectivity index (χ1) is 15.0. The second kappa shape index (κ2) is 9.58. The SMILES string of the molecule is Cc1ccc(S(=O)(=O)N2CC(O)C[C@H]2C(=O)OC(C)C(=O)Nc2ccc(Cl)cc2)cc1C. The number of aryl methyl sites for hydroxylation is 2. The van der Waals surface area contributed by atoms with Gasteiger partial charge in [-0.15, -0.1) is 0 Å². The summed E-state index contributed by atoms with van der Waals surface area (Å²) in [6.45, 7) is 4.80. The van der Waals surface area contributed by atoms with Crippen molar-refractivity contribution in [3.63, 3.8) is 0 Å². The molecular formula is C22H25ClN2O6S. The van der Waals surface area contributed by atoms with Gasteiger partial charge in [-0.25, -0.2) is 8.42 Å². The first-order valence-corrected chi connectivity index (χ1v) is 11.8. The number of aliphatic hydroxyl groups excluding tert-OH is 1. The van der Waals surface area contributed by atoms with Crippen molar-refractivity contribution < 1.29 is 27.9 Å². The zero-order chi connectivity index (χ0) is 23.6. The molecule has 1 aliphatic rings. The summed E-state index contributed by atoms with van der Waals surface area (Å²) in [7, 11) is -4.05. The van der Waals surface area contributed by atoms with Crippen LogP contribution in [-0.2, 0) is 24.3 Å². The number of rotatable bonds is 6. The van der Waals surface area contributed by atoms with Crippen molar-refractivity contribution >= 4 is 39.2 Å². The first kappa shape index (κ1) is 24.2. The van der Waals surface area contributed by atoms with Crippen LogP contribution in [0.25, 0.3) is 0 Å². The number of aliphatic hydroxyl groups is 1. The van der Waals surface area contributed by atoms with Gasteiger partial charge in [-0.1, -0.05) is 17.7 Å². The van der Waals surface area contributed by atoms with Crippen LogP contribution in [0.15, 0.2) is 47.4 Å². The van der Waals surface area contributed by atoms with Crippen molar-refractivity contribution in [1.82, 2.24) is 4.31 Å². The number of carbonyl (C=O) groups is 2. The molecule has 1 heterocycles. The lowest BCUT2D eigenvalue weighted by Gasteiger charge is -2.24. The third kappa shape index (κ3) is 5.29. The van der Waals surface area contributed by atoms with Gasteiger partial charge >= 0.3 is 5.97 Å². The second-order valence-electron chi connectivity index (χ2n) is 7.80. The summed E-state index contributed by atoms with van der Waals surface area (Å²) in [6, 6.07) is 9.84. The van der Waals surface area contributed by atoms with Crippen molar-refractivity contribution in [1.29, 1.82) is 0 Å². The summed E-state index contributed by atoms with van der Waals surface area (Å²) in [5, 5.41) is 13.2. The predicted molar refractivity (Wildman–Crippen MR) is 120 cm³/mol. The number of β-amino-alcohol motifs (C(OH)–C–C–N with tert-alkyl or cyclic N) is 1. The van der Waals surface area contributed by atoms with Crippen LogP contribution in [0.1, 0.15) is 24.5 Å². The van der Waals surface area contributed by atoms with Crippen LogP contribution in [0, 0.1) is 13.8 Å². The van der Waals surface area contributed by atoms with Gasteiger partial charge in [0.1, 0.15) is 6.04 Å². The standard InChI is InChI=1S/C22H25ClN2O6S/c1-13-4-9-19(10-14(13)2)32(29,30)25-12-18(26)11-20(25)22(28)31-15(3)21(27)24-17-7-5-16(23)6-8-17/h4-10,15,18,20,26H,11-12H2,1-3H3,(H,24,27)/t15?,18?,20-/m0/s1. The number of hydrogen-bond donors (Lipinski definition) is 2. The fourth-order valence-electron chi connectivity index (χ4n) is 3.36. The highest BCUT2D eigenvalue weighted by Gasteiger charge is 2.45. The number of amides is 1. The highest BCUT2D eigenvalue weighted by Crippen LogP contribution is 2.28. The number of nitrogens with zero attached hydrogens (tertiary/aromatic N) is 1. The van der Waals surface area contributed by atoms with Gasteiger partial charge in [0.2, 0.25) is 10.0 Å². The maximum atomic E-state index is 13.2. The Morgan fingerprint density at radius 1 is 1.16 bits per heavy atom. The van der Waals surface area contributed by atoms with E-state index >= 15 is 0 Å². The molecule has 0 aliphatic carbocycles. The monoisotopic (exact) mass is 480 g/mol. The highest BCUT2D eigenvalue weighted by molar-refractivity contribution is 7.89. The molecule has 0 bridgehead atoms. The molecule has 32 heavy (non-hydrogen) atoms. The average Bonchev–Trinajstić information content (AvgIpc) is 3.14. The van der Waals surface area contributed by atoms with Crippen LogP contribution in [0.4, 0.5) is 5.69 Å². The summed E-state index contributed by atoms with van der Waals surface area (Å²) in [4.78, 5) is 25.2. The summed E-state index contributed by atoms with van der Waals surface area (Å²) in [5.41, 5.74) is 2.19. The van der Waals surface area contributed by atoms with E-state index in [1.807, 2.05) is 6.92 Å². The van der Waals surface area contributed by atoms with E-state index < -0.39 is 40.1 Å². The molecule has 10 heteroatoms. The smallest absolute Gasteiger partial charge is 0.325 e. The third-order valence-electron chi connectivity index (χ3n) is 5.36. The highest BCUT2D eigenvalue weighted by atomic mass is 35.5. The Morgan fingerprint density at radius 2 is 1.81 bits per heavy atom. The molecule has 1 amide bonds.